The van der Waals surface area contributed by atoms with Gasteiger partial charge < -0.3 is 4.90 Å². The van der Waals surface area contributed by atoms with Crippen molar-refractivity contribution in [3.05, 3.63) is 22.4 Å². The molecule has 0 radical (unpaired) electrons. The number of rotatable bonds is 7. The molecule has 0 spiro atoms. The van der Waals surface area contributed by atoms with Crippen molar-refractivity contribution in [1.29, 1.82) is 0 Å². The zero-order valence-electron chi connectivity index (χ0n) is 12.9. The minimum atomic E-state index is 0.0243. The molecule has 2 aliphatic rings. The summed E-state index contributed by atoms with van der Waals surface area (Å²) in [6.45, 7) is 3.10. The average molecular weight is 306 g/mol. The molecule has 116 valence electrons. The first kappa shape index (κ1) is 15.0. The van der Waals surface area contributed by atoms with Crippen molar-refractivity contribution in [1.82, 2.24) is 10.2 Å². The third kappa shape index (κ3) is 3.32. The fourth-order valence-corrected chi connectivity index (χ4v) is 4.02. The third-order valence-electron chi connectivity index (χ3n) is 4.96. The van der Waals surface area contributed by atoms with Gasteiger partial charge in [-0.3, -0.25) is 10.1 Å². The Morgan fingerprint density at radius 3 is 2.86 bits per heavy atom. The number of hydrogen-bond acceptors (Lipinski definition) is 3. The summed E-state index contributed by atoms with van der Waals surface area (Å²) in [6, 6.07) is 2.17. The molecule has 3 nitrogen and oxygen atoms in total. The number of carbonyl (C=O) groups is 1. The van der Waals surface area contributed by atoms with Gasteiger partial charge in [0.2, 0.25) is 5.91 Å². The van der Waals surface area contributed by atoms with E-state index < -0.39 is 0 Å². The molecule has 21 heavy (non-hydrogen) atoms. The fourth-order valence-electron chi connectivity index (χ4n) is 3.34. The highest BCUT2D eigenvalue weighted by atomic mass is 32.1. The van der Waals surface area contributed by atoms with Gasteiger partial charge in [-0.2, -0.15) is 11.3 Å². The largest absolute Gasteiger partial charge is 0.322 e. The van der Waals surface area contributed by atoms with Crippen LogP contribution in [0.15, 0.2) is 16.8 Å². The Morgan fingerprint density at radius 2 is 2.24 bits per heavy atom. The SMILES string of the molecule is CCCCC1NC(c2ccsc2)N(CCC2CCC2)C1=O. The van der Waals surface area contributed by atoms with E-state index in [2.05, 4.69) is 34.0 Å². The lowest BCUT2D eigenvalue weighted by Gasteiger charge is -2.30. The lowest BCUT2D eigenvalue weighted by molar-refractivity contribution is -0.130. The smallest absolute Gasteiger partial charge is 0.241 e. The molecule has 2 fully saturated rings. The maximum absolute atomic E-state index is 12.7. The minimum absolute atomic E-state index is 0.0243. The van der Waals surface area contributed by atoms with Crippen LogP contribution in [0, 0.1) is 5.92 Å². The topological polar surface area (TPSA) is 32.3 Å². The summed E-state index contributed by atoms with van der Waals surface area (Å²) in [5, 5.41) is 7.84. The zero-order valence-corrected chi connectivity index (χ0v) is 13.7. The molecule has 2 unspecified atom stereocenters. The van der Waals surface area contributed by atoms with Crippen molar-refractivity contribution in [3.63, 3.8) is 0 Å². The summed E-state index contributed by atoms with van der Waals surface area (Å²) < 4.78 is 0. The van der Waals surface area contributed by atoms with E-state index in [1.807, 2.05) is 0 Å². The molecule has 0 aromatic carbocycles. The third-order valence-corrected chi connectivity index (χ3v) is 5.66. The molecule has 1 saturated heterocycles. The van der Waals surface area contributed by atoms with Crippen molar-refractivity contribution in [2.45, 2.75) is 64.1 Å². The number of carbonyl (C=O) groups excluding carboxylic acids is 1. The normalized spacial score (nSPS) is 26.3. The molecule has 1 aliphatic carbocycles. The van der Waals surface area contributed by atoms with Gasteiger partial charge in [-0.05, 0) is 41.1 Å². The van der Waals surface area contributed by atoms with Crippen LogP contribution in [-0.4, -0.2) is 23.4 Å². The van der Waals surface area contributed by atoms with Gasteiger partial charge in [0.15, 0.2) is 0 Å². The fraction of sp³-hybridized carbons (Fsp3) is 0.706. The van der Waals surface area contributed by atoms with Crippen LogP contribution < -0.4 is 5.32 Å². The lowest BCUT2D eigenvalue weighted by atomic mass is 9.83. The molecule has 1 amide bonds. The molecule has 1 aromatic heterocycles. The van der Waals surface area contributed by atoms with Crippen LogP contribution in [-0.2, 0) is 4.79 Å². The van der Waals surface area contributed by atoms with Crippen LogP contribution >= 0.6 is 11.3 Å². The Hall–Kier alpha value is -0.870. The quantitative estimate of drug-likeness (QED) is 0.828. The van der Waals surface area contributed by atoms with Gasteiger partial charge in [0.1, 0.15) is 6.17 Å². The number of amides is 1. The predicted octanol–water partition coefficient (Wildman–Crippen LogP) is 3.93. The van der Waals surface area contributed by atoms with Crippen molar-refractivity contribution >= 4 is 17.2 Å². The van der Waals surface area contributed by atoms with Gasteiger partial charge in [-0.15, -0.1) is 0 Å². The van der Waals surface area contributed by atoms with E-state index in [0.29, 0.717) is 5.91 Å². The van der Waals surface area contributed by atoms with Crippen LogP contribution in [0.5, 0.6) is 0 Å². The number of thiophene rings is 1. The molecule has 1 saturated carbocycles. The van der Waals surface area contributed by atoms with Gasteiger partial charge in [0.25, 0.3) is 0 Å². The summed E-state index contributed by atoms with van der Waals surface area (Å²) in [4.78, 5) is 14.8. The van der Waals surface area contributed by atoms with Crippen LogP contribution in [0.2, 0.25) is 0 Å². The molecule has 2 heterocycles. The van der Waals surface area contributed by atoms with Crippen LogP contribution in [0.25, 0.3) is 0 Å². The van der Waals surface area contributed by atoms with Gasteiger partial charge in [0.05, 0.1) is 6.04 Å². The maximum atomic E-state index is 12.7. The highest BCUT2D eigenvalue weighted by molar-refractivity contribution is 7.07. The van der Waals surface area contributed by atoms with Crippen LogP contribution in [0.1, 0.15) is 63.6 Å². The lowest BCUT2D eigenvalue weighted by Crippen LogP contribution is -2.33. The Bertz CT molecular complexity index is 455. The molecule has 4 heteroatoms. The van der Waals surface area contributed by atoms with E-state index in [0.717, 1.165) is 31.7 Å². The second-order valence-electron chi connectivity index (χ2n) is 6.44. The summed E-state index contributed by atoms with van der Waals surface area (Å²) in [7, 11) is 0. The van der Waals surface area contributed by atoms with Crippen LogP contribution in [0.4, 0.5) is 0 Å². The molecule has 1 aliphatic heterocycles. The molecule has 1 aromatic rings. The Labute approximate surface area is 131 Å². The average Bonchev–Trinajstić information content (AvgIpc) is 3.04. The van der Waals surface area contributed by atoms with E-state index in [1.165, 1.54) is 31.2 Å². The summed E-state index contributed by atoms with van der Waals surface area (Å²) >= 11 is 1.71. The zero-order chi connectivity index (χ0) is 14.7. The summed E-state index contributed by atoms with van der Waals surface area (Å²) in [6.07, 6.45) is 8.61. The van der Waals surface area contributed by atoms with Crippen molar-refractivity contribution in [3.8, 4) is 0 Å². The van der Waals surface area contributed by atoms with E-state index in [9.17, 15) is 4.79 Å². The standard InChI is InChI=1S/C17H26N2OS/c1-2-3-7-15-17(20)19(10-8-13-5-4-6-13)16(18-15)14-9-11-21-12-14/h9,11-13,15-16,18H,2-8,10H2,1H3. The first-order chi connectivity index (χ1) is 10.3. The number of hydrogen-bond donors (Lipinski definition) is 1. The Balaban J connectivity index is 1.67. The second-order valence-corrected chi connectivity index (χ2v) is 7.22. The highest BCUT2D eigenvalue weighted by Gasteiger charge is 2.39. The summed E-state index contributed by atoms with van der Waals surface area (Å²) in [5.41, 5.74) is 1.25. The molecule has 0 bridgehead atoms. The first-order valence-electron chi connectivity index (χ1n) is 8.38. The first-order valence-corrected chi connectivity index (χ1v) is 9.32. The van der Waals surface area contributed by atoms with Gasteiger partial charge in [-0.25, -0.2) is 0 Å². The minimum Gasteiger partial charge on any atom is -0.322 e. The monoisotopic (exact) mass is 306 g/mol. The van der Waals surface area contributed by atoms with Crippen molar-refractivity contribution in [2.75, 3.05) is 6.54 Å². The Kier molecular flexibility index (Phi) is 4.96. The Morgan fingerprint density at radius 1 is 1.38 bits per heavy atom. The van der Waals surface area contributed by atoms with Crippen molar-refractivity contribution in [2.24, 2.45) is 5.92 Å². The number of nitrogens with one attached hydrogen (secondary N) is 1. The number of nitrogens with zero attached hydrogens (tertiary/aromatic N) is 1. The van der Waals surface area contributed by atoms with Gasteiger partial charge in [-0.1, -0.05) is 39.0 Å². The molecule has 2 atom stereocenters. The maximum Gasteiger partial charge on any atom is 0.241 e. The second kappa shape index (κ2) is 6.93. The molecule has 3 rings (SSSR count). The molecule has 1 N–H and O–H groups in total. The van der Waals surface area contributed by atoms with E-state index in [1.54, 1.807) is 11.3 Å². The van der Waals surface area contributed by atoms with E-state index in [-0.39, 0.29) is 12.2 Å². The highest BCUT2D eigenvalue weighted by Crippen LogP contribution is 2.33. The van der Waals surface area contributed by atoms with Gasteiger partial charge >= 0.3 is 0 Å². The van der Waals surface area contributed by atoms with E-state index in [4.69, 9.17) is 0 Å². The predicted molar refractivity (Wildman–Crippen MR) is 87.2 cm³/mol. The van der Waals surface area contributed by atoms with Crippen LogP contribution in [0.3, 0.4) is 0 Å². The van der Waals surface area contributed by atoms with Gasteiger partial charge in [0, 0.05) is 6.54 Å². The summed E-state index contributed by atoms with van der Waals surface area (Å²) in [5.74, 6) is 1.18. The van der Waals surface area contributed by atoms with E-state index >= 15 is 0 Å². The number of unbranched alkanes of at least 4 members (excludes halogenated alkanes) is 1. The van der Waals surface area contributed by atoms with Crippen molar-refractivity contribution < 1.29 is 4.79 Å². The molecular formula is C17H26N2OS. The molecular weight excluding hydrogens is 280 g/mol.